The number of carbonyl (C=O) groups is 1. The number of carbonyl (C=O) groups excluding carboxylic acids is 1. The number of amides is 1. The molecule has 0 fully saturated rings. The molecule has 1 unspecified atom stereocenters. The summed E-state index contributed by atoms with van der Waals surface area (Å²) in [6, 6.07) is 14.2. The lowest BCUT2D eigenvalue weighted by Gasteiger charge is -2.09. The van der Waals surface area contributed by atoms with Crippen LogP contribution in [0.5, 0.6) is 5.75 Å². The van der Waals surface area contributed by atoms with E-state index in [0.29, 0.717) is 18.7 Å². The molecule has 2 N–H and O–H groups in total. The lowest BCUT2D eigenvalue weighted by Crippen LogP contribution is -2.26. The van der Waals surface area contributed by atoms with Gasteiger partial charge in [-0.1, -0.05) is 24.3 Å². The van der Waals surface area contributed by atoms with Gasteiger partial charge in [-0.2, -0.15) is 0 Å². The molecule has 1 amide bonds. The molecule has 0 saturated carbocycles. The highest BCUT2D eigenvalue weighted by Crippen LogP contribution is 2.27. The van der Waals surface area contributed by atoms with Crippen LogP contribution in [0.3, 0.4) is 0 Å². The van der Waals surface area contributed by atoms with Crippen molar-refractivity contribution in [1.29, 1.82) is 0 Å². The Morgan fingerprint density at radius 3 is 2.86 bits per heavy atom. The molecule has 146 valence electrons. The van der Waals surface area contributed by atoms with E-state index in [1.807, 2.05) is 30.3 Å². The molecule has 1 atom stereocenters. The number of ether oxygens (including phenoxy) is 1. The van der Waals surface area contributed by atoms with E-state index in [0.717, 1.165) is 35.1 Å². The Hall–Kier alpha value is -2.60. The summed E-state index contributed by atoms with van der Waals surface area (Å²) in [6.45, 7) is 0.582. The van der Waals surface area contributed by atoms with E-state index >= 15 is 0 Å². The molecule has 6 heteroatoms. The molecular weight excluding hydrogens is 372 g/mol. The fourth-order valence-corrected chi connectivity index (χ4v) is 4.28. The van der Waals surface area contributed by atoms with Crippen molar-refractivity contribution in [3.63, 3.8) is 0 Å². The first-order valence-electron chi connectivity index (χ1n) is 9.60. The quantitative estimate of drug-likeness (QED) is 0.598. The van der Waals surface area contributed by atoms with Crippen LogP contribution in [0.15, 0.2) is 42.5 Å². The van der Waals surface area contributed by atoms with E-state index in [-0.39, 0.29) is 5.91 Å². The van der Waals surface area contributed by atoms with Crippen LogP contribution >= 0.6 is 0 Å². The van der Waals surface area contributed by atoms with Gasteiger partial charge in [0.1, 0.15) is 22.4 Å². The summed E-state index contributed by atoms with van der Waals surface area (Å²) in [5, 5.41) is 1.02. The summed E-state index contributed by atoms with van der Waals surface area (Å²) in [6.07, 6.45) is 6.47. The molecule has 4 rings (SSSR count). The second kappa shape index (κ2) is 8.19. The molecule has 1 aliphatic rings. The molecule has 0 radical (unpaired) electrons. The summed E-state index contributed by atoms with van der Waals surface area (Å²) in [5.41, 5.74) is 5.17. The summed E-state index contributed by atoms with van der Waals surface area (Å²) in [7, 11) is -1.40. The Labute approximate surface area is 167 Å². The number of fused-ring (bicyclic) bond motifs is 2. The monoisotopic (exact) mass is 396 g/mol. The van der Waals surface area contributed by atoms with Gasteiger partial charge < -0.3 is 9.72 Å². The minimum atomic E-state index is -1.40. The Balaban J connectivity index is 1.45. The SMILES string of the molecule is CS(=O)NC(=O)c1[nH]c2ccccc2c1CCCOc1ccc2c(c1)CCC2. The van der Waals surface area contributed by atoms with Crippen molar-refractivity contribution in [2.24, 2.45) is 0 Å². The highest BCUT2D eigenvalue weighted by molar-refractivity contribution is 7.82. The Morgan fingerprint density at radius 1 is 1.18 bits per heavy atom. The van der Waals surface area contributed by atoms with Crippen LogP contribution in [-0.4, -0.2) is 28.0 Å². The van der Waals surface area contributed by atoms with Crippen LogP contribution < -0.4 is 9.46 Å². The Morgan fingerprint density at radius 2 is 2.00 bits per heavy atom. The first-order valence-corrected chi connectivity index (χ1v) is 11.2. The predicted octanol–water partition coefficient (Wildman–Crippen LogP) is 3.69. The number of hydrogen-bond donors (Lipinski definition) is 2. The smallest absolute Gasteiger partial charge is 0.279 e. The molecule has 5 nitrogen and oxygen atoms in total. The average molecular weight is 397 g/mol. The number of aryl methyl sites for hydroxylation is 3. The molecular formula is C22H24N2O3S. The summed E-state index contributed by atoms with van der Waals surface area (Å²) >= 11 is 0. The van der Waals surface area contributed by atoms with E-state index in [9.17, 15) is 9.00 Å². The van der Waals surface area contributed by atoms with Crippen molar-refractivity contribution in [3.05, 3.63) is 64.8 Å². The van der Waals surface area contributed by atoms with Gasteiger partial charge in [0.25, 0.3) is 5.91 Å². The van der Waals surface area contributed by atoms with Gasteiger partial charge in [0, 0.05) is 17.2 Å². The third kappa shape index (κ3) is 3.97. The van der Waals surface area contributed by atoms with E-state index in [4.69, 9.17) is 4.74 Å². The van der Waals surface area contributed by atoms with E-state index in [1.54, 1.807) is 0 Å². The molecule has 0 aliphatic heterocycles. The summed E-state index contributed by atoms with van der Waals surface area (Å²) in [4.78, 5) is 15.6. The van der Waals surface area contributed by atoms with Crippen LogP contribution in [0.4, 0.5) is 0 Å². The lowest BCUT2D eigenvalue weighted by atomic mass is 10.1. The topological polar surface area (TPSA) is 71.2 Å². The third-order valence-electron chi connectivity index (χ3n) is 5.19. The van der Waals surface area contributed by atoms with Crippen LogP contribution in [-0.2, 0) is 30.2 Å². The third-order valence-corrected chi connectivity index (χ3v) is 5.66. The molecule has 28 heavy (non-hydrogen) atoms. The minimum absolute atomic E-state index is 0.341. The standard InChI is InChI=1S/C22H24N2O3S/c1-28(26)24-22(25)21-19(18-8-2-3-10-20(18)23-21)9-5-13-27-17-12-11-15-6-4-7-16(15)14-17/h2-3,8,10-12,14,23H,4-7,9,13H2,1H3,(H,24,25). The normalized spacial score (nSPS) is 14.0. The second-order valence-corrected chi connectivity index (χ2v) is 8.26. The molecule has 0 saturated heterocycles. The van der Waals surface area contributed by atoms with Crippen molar-refractivity contribution in [1.82, 2.24) is 9.71 Å². The zero-order chi connectivity index (χ0) is 19.5. The van der Waals surface area contributed by atoms with Gasteiger partial charge in [-0.15, -0.1) is 0 Å². The second-order valence-electron chi connectivity index (χ2n) is 7.15. The highest BCUT2D eigenvalue weighted by atomic mass is 32.2. The van der Waals surface area contributed by atoms with Crippen molar-refractivity contribution < 1.29 is 13.7 Å². The van der Waals surface area contributed by atoms with Crippen LogP contribution in [0.1, 0.15) is 40.0 Å². The van der Waals surface area contributed by atoms with Gasteiger partial charge in [-0.05, 0) is 67.0 Å². The van der Waals surface area contributed by atoms with Gasteiger partial charge in [-0.3, -0.25) is 9.52 Å². The van der Waals surface area contributed by atoms with Crippen LogP contribution in [0.2, 0.25) is 0 Å². The number of hydrogen-bond acceptors (Lipinski definition) is 3. The zero-order valence-electron chi connectivity index (χ0n) is 15.9. The molecule has 0 bridgehead atoms. The largest absolute Gasteiger partial charge is 0.494 e. The molecule has 2 aromatic carbocycles. The van der Waals surface area contributed by atoms with Crippen molar-refractivity contribution in [2.45, 2.75) is 32.1 Å². The number of aromatic amines is 1. The van der Waals surface area contributed by atoms with Crippen molar-refractivity contribution in [3.8, 4) is 5.75 Å². The Kier molecular flexibility index (Phi) is 5.48. The fourth-order valence-electron chi connectivity index (χ4n) is 3.91. The van der Waals surface area contributed by atoms with Gasteiger partial charge in [0.2, 0.25) is 0 Å². The number of benzene rings is 2. The average Bonchev–Trinajstić information content (AvgIpc) is 3.29. The first-order chi connectivity index (χ1) is 13.6. The number of rotatable bonds is 7. The number of H-pyrrole nitrogens is 1. The van der Waals surface area contributed by atoms with Gasteiger partial charge >= 0.3 is 0 Å². The van der Waals surface area contributed by atoms with Crippen LogP contribution in [0, 0.1) is 0 Å². The van der Waals surface area contributed by atoms with Gasteiger partial charge in [-0.25, -0.2) is 4.21 Å². The van der Waals surface area contributed by atoms with Crippen LogP contribution in [0.25, 0.3) is 10.9 Å². The Bertz CT molecular complexity index is 1040. The molecule has 1 aliphatic carbocycles. The van der Waals surface area contributed by atoms with E-state index in [1.165, 1.54) is 30.2 Å². The van der Waals surface area contributed by atoms with E-state index in [2.05, 4.69) is 21.8 Å². The minimum Gasteiger partial charge on any atom is -0.494 e. The molecule has 1 aromatic heterocycles. The molecule has 0 spiro atoms. The van der Waals surface area contributed by atoms with Gasteiger partial charge in [0.15, 0.2) is 0 Å². The number of para-hydroxylation sites is 1. The van der Waals surface area contributed by atoms with Crippen molar-refractivity contribution in [2.75, 3.05) is 12.9 Å². The number of nitrogens with one attached hydrogen (secondary N) is 2. The van der Waals surface area contributed by atoms with Crippen molar-refractivity contribution >= 4 is 27.8 Å². The maximum Gasteiger partial charge on any atom is 0.279 e. The molecule has 1 heterocycles. The predicted molar refractivity (Wildman–Crippen MR) is 112 cm³/mol. The molecule has 3 aromatic rings. The lowest BCUT2D eigenvalue weighted by molar-refractivity contribution is 0.0978. The zero-order valence-corrected chi connectivity index (χ0v) is 16.7. The summed E-state index contributed by atoms with van der Waals surface area (Å²) in [5.74, 6) is 0.575. The summed E-state index contributed by atoms with van der Waals surface area (Å²) < 4.78 is 19.8. The highest BCUT2D eigenvalue weighted by Gasteiger charge is 2.18. The fraction of sp³-hybridized carbons (Fsp3) is 0.318. The maximum atomic E-state index is 12.4. The maximum absolute atomic E-state index is 12.4. The first kappa shape index (κ1) is 18.7. The number of aromatic nitrogens is 1. The van der Waals surface area contributed by atoms with Gasteiger partial charge in [0.05, 0.1) is 6.61 Å². The van der Waals surface area contributed by atoms with E-state index < -0.39 is 11.0 Å².